The largest absolute Gasteiger partial charge is 0.358 e. The van der Waals surface area contributed by atoms with Crippen LogP contribution in [0.15, 0.2) is 24.8 Å². The van der Waals surface area contributed by atoms with E-state index in [9.17, 15) is 19.2 Å². The van der Waals surface area contributed by atoms with Crippen LogP contribution in [-0.2, 0) is 90.7 Å². The van der Waals surface area contributed by atoms with Crippen LogP contribution in [0.2, 0.25) is 0 Å². The van der Waals surface area contributed by atoms with Gasteiger partial charge in [-0.15, -0.1) is 20.4 Å². The molecule has 61 heavy (non-hydrogen) atoms. The van der Waals surface area contributed by atoms with E-state index in [1.54, 1.807) is 24.8 Å². The van der Waals surface area contributed by atoms with Crippen LogP contribution in [0.25, 0.3) is 0 Å². The Morgan fingerprint density at radius 3 is 0.770 bits per heavy atom. The number of ketones is 4. The van der Waals surface area contributed by atoms with Gasteiger partial charge in [-0.25, -0.2) is 18.7 Å². The Kier molecular flexibility index (Phi) is 16.2. The lowest BCUT2D eigenvalue weighted by Gasteiger charge is -2.32. The molecule has 0 saturated heterocycles. The van der Waals surface area contributed by atoms with Crippen LogP contribution in [0, 0.1) is 27.1 Å². The Balaban J connectivity index is 1.53. The fourth-order valence-corrected chi connectivity index (χ4v) is 5.32. The van der Waals surface area contributed by atoms with Gasteiger partial charge in [-0.05, 0) is 0 Å². The topological polar surface area (TPSA) is 228 Å². The number of carbonyl (C=O) groups is 4. The van der Waals surface area contributed by atoms with Gasteiger partial charge in [0.1, 0.15) is 50.1 Å². The maximum atomic E-state index is 12.6. The quantitative estimate of drug-likeness (QED) is 0.0980. The molecule has 0 bridgehead atoms. The minimum Gasteiger partial charge on any atom is -0.358 e. The van der Waals surface area contributed by atoms with Crippen molar-refractivity contribution in [2.75, 3.05) is 26.4 Å². The Morgan fingerprint density at radius 1 is 0.393 bits per heavy atom. The van der Waals surface area contributed by atoms with E-state index in [1.807, 2.05) is 83.1 Å². The average Bonchev–Trinajstić information content (AvgIpc) is 3.97. The number of ether oxygens (including phenoxy) is 4. The van der Waals surface area contributed by atoms with E-state index in [4.69, 9.17) is 18.9 Å². The van der Waals surface area contributed by atoms with Crippen LogP contribution in [0.1, 0.15) is 106 Å². The highest BCUT2D eigenvalue weighted by Crippen LogP contribution is 2.24. The second-order valence-electron chi connectivity index (χ2n) is 19.8. The Bertz CT molecular complexity index is 1780. The van der Waals surface area contributed by atoms with Crippen molar-refractivity contribution in [3.63, 3.8) is 0 Å². The van der Waals surface area contributed by atoms with Gasteiger partial charge in [0.25, 0.3) is 0 Å². The Morgan fingerprint density at radius 2 is 0.590 bits per heavy atom. The zero-order chi connectivity index (χ0) is 45.2. The van der Waals surface area contributed by atoms with Crippen molar-refractivity contribution < 1.29 is 38.1 Å². The summed E-state index contributed by atoms with van der Waals surface area (Å²) in [4.78, 5) is 50.5. The summed E-state index contributed by atoms with van der Waals surface area (Å²) in [7, 11) is 0. The van der Waals surface area contributed by atoms with Crippen molar-refractivity contribution >= 4 is 23.1 Å². The predicted molar refractivity (Wildman–Crippen MR) is 219 cm³/mol. The lowest BCUT2D eigenvalue weighted by Crippen LogP contribution is -2.42. The van der Waals surface area contributed by atoms with E-state index in [0.717, 1.165) is 0 Å². The minimum atomic E-state index is -0.978. The number of aromatic nitrogens is 12. The fourth-order valence-electron chi connectivity index (χ4n) is 5.32. The number of hydrogen-bond donors (Lipinski definition) is 0. The first-order chi connectivity index (χ1) is 28.3. The molecule has 0 aliphatic heterocycles. The van der Waals surface area contributed by atoms with Crippen molar-refractivity contribution in [2.45, 2.75) is 136 Å². The molecule has 4 rings (SSSR count). The zero-order valence-corrected chi connectivity index (χ0v) is 37.9. The van der Waals surface area contributed by atoms with Gasteiger partial charge in [0.15, 0.2) is 0 Å². The second-order valence-corrected chi connectivity index (χ2v) is 19.8. The van der Waals surface area contributed by atoms with Crippen LogP contribution < -0.4 is 0 Å². The highest BCUT2D eigenvalue weighted by atomic mass is 16.5. The van der Waals surface area contributed by atoms with Gasteiger partial charge < -0.3 is 18.9 Å². The van der Waals surface area contributed by atoms with Crippen molar-refractivity contribution in [2.24, 2.45) is 27.1 Å². The molecule has 20 heteroatoms. The maximum absolute atomic E-state index is 12.6. The van der Waals surface area contributed by atoms with E-state index in [-0.39, 0.29) is 102 Å². The molecule has 0 amide bonds. The van der Waals surface area contributed by atoms with E-state index < -0.39 is 27.1 Å². The monoisotopic (exact) mass is 852 g/mol. The van der Waals surface area contributed by atoms with Gasteiger partial charge in [0.2, 0.25) is 0 Å². The minimum absolute atomic E-state index is 0.00478. The molecule has 0 radical (unpaired) electrons. The number of rotatable bonds is 24. The Hall–Kier alpha value is -4.92. The molecule has 0 spiro atoms. The zero-order valence-electron chi connectivity index (χ0n) is 37.9. The van der Waals surface area contributed by atoms with Crippen molar-refractivity contribution in [3.8, 4) is 0 Å². The summed E-state index contributed by atoms with van der Waals surface area (Å²) < 4.78 is 30.9. The average molecular weight is 853 g/mol. The molecule has 0 N–H and O–H groups in total. The molecule has 336 valence electrons. The molecule has 0 atom stereocenters. The molecular weight excluding hydrogens is 789 g/mol. The highest BCUT2D eigenvalue weighted by Gasteiger charge is 2.34. The summed E-state index contributed by atoms with van der Waals surface area (Å²) in [6, 6.07) is 0. The van der Waals surface area contributed by atoms with Gasteiger partial charge in [0.05, 0.1) is 105 Å². The lowest BCUT2D eigenvalue weighted by molar-refractivity contribution is -0.140. The molecule has 4 aromatic rings. The highest BCUT2D eigenvalue weighted by molar-refractivity contribution is 5.86. The molecule has 4 heterocycles. The number of nitrogens with zero attached hydrogens (tertiary/aromatic N) is 12. The third kappa shape index (κ3) is 15.8. The molecule has 0 saturated carbocycles. The molecule has 0 aliphatic rings. The van der Waals surface area contributed by atoms with E-state index in [0.29, 0.717) is 22.8 Å². The first-order valence-electron chi connectivity index (χ1n) is 20.3. The van der Waals surface area contributed by atoms with Crippen LogP contribution in [-0.4, -0.2) is 110 Å². The molecular formula is C41H64N12O8. The van der Waals surface area contributed by atoms with Crippen LogP contribution in [0.5, 0.6) is 0 Å². The predicted octanol–water partition coefficient (Wildman–Crippen LogP) is 3.67. The number of Topliss-reactive ketones (excluding diaryl/α,β-unsaturated/α-hetero) is 4. The molecule has 0 unspecified atom stereocenters. The normalized spacial score (nSPS) is 12.9. The third-order valence-corrected chi connectivity index (χ3v) is 9.58. The summed E-state index contributed by atoms with van der Waals surface area (Å²) in [6.45, 7) is 22.4. The van der Waals surface area contributed by atoms with E-state index in [1.165, 1.54) is 18.7 Å². The van der Waals surface area contributed by atoms with Gasteiger partial charge in [-0.2, -0.15) is 0 Å². The van der Waals surface area contributed by atoms with E-state index in [2.05, 4.69) is 41.2 Å². The summed E-state index contributed by atoms with van der Waals surface area (Å²) in [6.07, 6.45) is 7.23. The van der Waals surface area contributed by atoms with Gasteiger partial charge in [-0.1, -0.05) is 104 Å². The van der Waals surface area contributed by atoms with Gasteiger partial charge >= 0.3 is 0 Å². The van der Waals surface area contributed by atoms with E-state index >= 15 is 0 Å². The third-order valence-electron chi connectivity index (χ3n) is 9.58. The molecule has 0 aliphatic carbocycles. The first-order valence-corrected chi connectivity index (χ1v) is 20.3. The summed E-state index contributed by atoms with van der Waals surface area (Å²) >= 11 is 0. The standard InChI is InChI=1S/C41H64N12O8/c1-37(2,3)33(54)13-29-17-50(46-42-29)25-58-21-41(22-59-26-51-18-30(43-47-51)14-34(55)38(4,5)6,23-60-27-52-19-31(44-48-52)15-35(56)39(7,8)9)24-61-28-53-20-32(45-49-53)16-36(57)40(10,11)12/h17-20H,13-16,21-28H2,1-12H3. The van der Waals surface area contributed by atoms with Crippen molar-refractivity contribution in [1.29, 1.82) is 0 Å². The van der Waals surface area contributed by atoms with Crippen LogP contribution in [0.4, 0.5) is 0 Å². The smallest absolute Gasteiger partial charge is 0.144 e. The summed E-state index contributed by atoms with van der Waals surface area (Å²) in [5.74, 6) is 0.136. The summed E-state index contributed by atoms with van der Waals surface area (Å²) in [5.41, 5.74) is -0.973. The first kappa shape index (κ1) is 48.7. The lowest BCUT2D eigenvalue weighted by atomic mass is 9.88. The fraction of sp³-hybridized carbons (Fsp3) is 0.707. The second kappa shape index (κ2) is 20.3. The molecule has 0 aromatic carbocycles. The summed E-state index contributed by atoms with van der Waals surface area (Å²) in [5, 5.41) is 33.3. The SMILES string of the molecule is CC(C)(C)C(=O)Cc1cn(COCC(COCn2cc(CC(=O)C(C)(C)C)nn2)(COCn2cc(CC(=O)C(C)(C)C)nn2)COCn2cc(CC(=O)C(C)(C)C)nn2)nn1. The number of carbonyl (C=O) groups excluding carboxylic acids is 4. The van der Waals surface area contributed by atoms with Crippen molar-refractivity contribution in [1.82, 2.24) is 60.0 Å². The molecule has 0 fully saturated rings. The molecule has 4 aromatic heterocycles. The Labute approximate surface area is 357 Å². The van der Waals surface area contributed by atoms with Gasteiger partial charge in [0, 0.05) is 21.7 Å². The van der Waals surface area contributed by atoms with Gasteiger partial charge in [-0.3, -0.25) is 19.2 Å². The van der Waals surface area contributed by atoms with Crippen LogP contribution >= 0.6 is 0 Å². The van der Waals surface area contributed by atoms with Crippen molar-refractivity contribution in [3.05, 3.63) is 47.6 Å². The molecule has 20 nitrogen and oxygen atoms in total. The maximum Gasteiger partial charge on any atom is 0.144 e. The van der Waals surface area contributed by atoms with Crippen LogP contribution in [0.3, 0.4) is 0 Å². The number of hydrogen-bond acceptors (Lipinski definition) is 16.